The second kappa shape index (κ2) is 8.74. The number of halogens is 1. The predicted molar refractivity (Wildman–Crippen MR) is 122 cm³/mol. The van der Waals surface area contributed by atoms with Crippen LogP contribution in [0.2, 0.25) is 5.02 Å². The minimum atomic E-state index is 0.0811. The third-order valence-corrected chi connectivity index (χ3v) is 6.33. The third-order valence-electron chi connectivity index (χ3n) is 5.29. The zero-order chi connectivity index (χ0) is 21.2. The highest BCUT2D eigenvalue weighted by molar-refractivity contribution is 7.10. The van der Waals surface area contributed by atoms with Gasteiger partial charge in [0.25, 0.3) is 0 Å². The van der Waals surface area contributed by atoms with Crippen molar-refractivity contribution >= 4 is 50.6 Å². The highest BCUT2D eigenvalue weighted by Crippen LogP contribution is 2.33. The van der Waals surface area contributed by atoms with Gasteiger partial charge in [-0.25, -0.2) is 0 Å². The Balaban J connectivity index is 1.29. The lowest BCUT2D eigenvalue weighted by Gasteiger charge is -2.08. The number of carbonyl (C=O) groups is 1. The molecule has 0 amide bonds. The molecule has 0 aliphatic carbocycles. The fraction of sp³-hybridized carbons (Fsp3) is 0.273. The first-order valence-corrected chi connectivity index (χ1v) is 11.3. The first-order chi connectivity index (χ1) is 15.2. The van der Waals surface area contributed by atoms with E-state index in [-0.39, 0.29) is 11.9 Å². The summed E-state index contributed by atoms with van der Waals surface area (Å²) in [5.74, 6) is 0.809. The van der Waals surface area contributed by atoms with Crippen molar-refractivity contribution in [2.45, 2.75) is 31.8 Å². The zero-order valence-corrected chi connectivity index (χ0v) is 18.2. The Morgan fingerprint density at radius 1 is 1.32 bits per heavy atom. The minimum Gasteiger partial charge on any atom is -0.378 e. The molecule has 2 aromatic heterocycles. The van der Waals surface area contributed by atoms with Crippen LogP contribution < -0.4 is 5.32 Å². The summed E-state index contributed by atoms with van der Waals surface area (Å²) in [7, 11) is 0. The molecule has 0 bridgehead atoms. The molecular formula is C22H20ClN5O2S. The van der Waals surface area contributed by atoms with Gasteiger partial charge in [0, 0.05) is 41.9 Å². The molecule has 1 aliphatic heterocycles. The number of carbonyl (C=O) groups excluding carboxylic acids is 1. The molecule has 2 N–H and O–H groups in total. The van der Waals surface area contributed by atoms with Crippen LogP contribution in [-0.4, -0.2) is 38.0 Å². The van der Waals surface area contributed by atoms with Crippen LogP contribution in [-0.2, 0) is 16.0 Å². The second-order valence-electron chi connectivity index (χ2n) is 7.56. The minimum absolute atomic E-state index is 0.0811. The maximum Gasteiger partial charge on any atom is 0.207 e. The van der Waals surface area contributed by atoms with E-state index in [2.05, 4.69) is 24.9 Å². The molecule has 4 aromatic rings. The van der Waals surface area contributed by atoms with Crippen LogP contribution in [0.4, 0.5) is 10.8 Å². The van der Waals surface area contributed by atoms with Gasteiger partial charge in [-0.2, -0.15) is 14.5 Å². The smallest absolute Gasteiger partial charge is 0.207 e. The Kier molecular flexibility index (Phi) is 5.67. The van der Waals surface area contributed by atoms with E-state index in [0.29, 0.717) is 28.8 Å². The van der Waals surface area contributed by atoms with Gasteiger partial charge in [-0.3, -0.25) is 9.89 Å². The SMILES string of the molecule is O=C(Cc1cccc(-c2nsc(Nc3ccc4[nH]ncc4c3Cl)n2)c1)CC1CCCO1. The van der Waals surface area contributed by atoms with Gasteiger partial charge in [-0.05, 0) is 36.6 Å². The van der Waals surface area contributed by atoms with Crippen molar-refractivity contribution in [2.75, 3.05) is 11.9 Å². The van der Waals surface area contributed by atoms with Gasteiger partial charge in [-0.1, -0.05) is 29.8 Å². The average Bonchev–Trinajstić information content (AvgIpc) is 3.52. The van der Waals surface area contributed by atoms with Crippen LogP contribution in [0, 0.1) is 0 Å². The molecule has 158 valence electrons. The number of H-pyrrole nitrogens is 1. The maximum absolute atomic E-state index is 12.4. The first kappa shape index (κ1) is 20.1. The molecular weight excluding hydrogens is 434 g/mol. The predicted octanol–water partition coefficient (Wildman–Crippen LogP) is 5.16. The molecule has 0 saturated carbocycles. The van der Waals surface area contributed by atoms with Gasteiger partial charge in [-0.15, -0.1) is 0 Å². The highest BCUT2D eigenvalue weighted by atomic mass is 35.5. The molecule has 1 aliphatic rings. The number of hydrogen-bond donors (Lipinski definition) is 2. The van der Waals surface area contributed by atoms with Crippen molar-refractivity contribution in [3.8, 4) is 11.4 Å². The van der Waals surface area contributed by atoms with E-state index >= 15 is 0 Å². The van der Waals surface area contributed by atoms with Crippen molar-refractivity contribution in [3.05, 3.63) is 53.2 Å². The monoisotopic (exact) mass is 453 g/mol. The summed E-state index contributed by atoms with van der Waals surface area (Å²) in [5, 5.41) is 12.2. The summed E-state index contributed by atoms with van der Waals surface area (Å²) in [6.07, 6.45) is 4.67. The quantitative estimate of drug-likeness (QED) is 0.401. The number of nitrogens with one attached hydrogen (secondary N) is 2. The van der Waals surface area contributed by atoms with Crippen LogP contribution in [0.5, 0.6) is 0 Å². The Morgan fingerprint density at radius 2 is 2.26 bits per heavy atom. The van der Waals surface area contributed by atoms with Crippen molar-refractivity contribution < 1.29 is 9.53 Å². The fourth-order valence-electron chi connectivity index (χ4n) is 3.77. The molecule has 2 aromatic carbocycles. The average molecular weight is 454 g/mol. The summed E-state index contributed by atoms with van der Waals surface area (Å²) < 4.78 is 10.0. The topological polar surface area (TPSA) is 92.8 Å². The summed E-state index contributed by atoms with van der Waals surface area (Å²) in [6.45, 7) is 0.764. The van der Waals surface area contributed by atoms with Crippen molar-refractivity contribution in [3.63, 3.8) is 0 Å². The van der Waals surface area contributed by atoms with Gasteiger partial charge >= 0.3 is 0 Å². The molecule has 3 heterocycles. The standard InChI is InChI=1S/C22H20ClN5O2S/c23-20-17-12-24-27-18(17)6-7-19(20)25-22-26-21(28-31-22)14-4-1-3-13(9-14)10-15(29)11-16-5-2-8-30-16/h1,3-4,6-7,9,12,16H,2,5,8,10-11H2,(H,24,27)(H,25,26,28). The molecule has 0 spiro atoms. The van der Waals surface area contributed by atoms with E-state index in [4.69, 9.17) is 16.3 Å². The molecule has 9 heteroatoms. The molecule has 1 fully saturated rings. The number of anilines is 2. The largest absolute Gasteiger partial charge is 0.378 e. The van der Waals surface area contributed by atoms with Crippen molar-refractivity contribution in [2.24, 2.45) is 0 Å². The number of hydrogen-bond acceptors (Lipinski definition) is 7. The molecule has 7 nitrogen and oxygen atoms in total. The molecule has 1 unspecified atom stereocenters. The lowest BCUT2D eigenvalue weighted by atomic mass is 10.0. The van der Waals surface area contributed by atoms with Crippen LogP contribution >= 0.6 is 23.1 Å². The summed E-state index contributed by atoms with van der Waals surface area (Å²) in [5.41, 5.74) is 3.45. The van der Waals surface area contributed by atoms with Gasteiger partial charge in [0.2, 0.25) is 5.13 Å². The lowest BCUT2D eigenvalue weighted by molar-refractivity contribution is -0.120. The number of fused-ring (bicyclic) bond motifs is 1. The van der Waals surface area contributed by atoms with E-state index < -0.39 is 0 Å². The molecule has 31 heavy (non-hydrogen) atoms. The van der Waals surface area contributed by atoms with Gasteiger partial charge < -0.3 is 10.1 Å². The molecule has 0 radical (unpaired) electrons. The normalized spacial score (nSPS) is 16.1. The zero-order valence-electron chi connectivity index (χ0n) is 16.6. The lowest BCUT2D eigenvalue weighted by Crippen LogP contribution is -2.14. The number of benzene rings is 2. The van der Waals surface area contributed by atoms with Crippen molar-refractivity contribution in [1.29, 1.82) is 0 Å². The maximum atomic E-state index is 12.4. The third kappa shape index (κ3) is 4.46. The van der Waals surface area contributed by atoms with E-state index in [9.17, 15) is 4.79 Å². The number of aromatic nitrogens is 4. The molecule has 1 saturated heterocycles. The Morgan fingerprint density at radius 3 is 3.13 bits per heavy atom. The number of ketones is 1. The summed E-state index contributed by atoms with van der Waals surface area (Å²) in [6, 6.07) is 11.6. The number of ether oxygens (including phenoxy) is 1. The van der Waals surface area contributed by atoms with E-state index in [1.807, 2.05) is 36.4 Å². The van der Waals surface area contributed by atoms with Gasteiger partial charge in [0.1, 0.15) is 5.78 Å². The summed E-state index contributed by atoms with van der Waals surface area (Å²) in [4.78, 5) is 17.0. The number of rotatable bonds is 7. The van der Waals surface area contributed by atoms with Crippen LogP contribution in [0.3, 0.4) is 0 Å². The van der Waals surface area contributed by atoms with E-state index in [1.165, 1.54) is 11.5 Å². The van der Waals surface area contributed by atoms with Crippen LogP contribution in [0.1, 0.15) is 24.8 Å². The second-order valence-corrected chi connectivity index (χ2v) is 8.69. The number of Topliss-reactive ketones (excluding diaryl/α,β-unsaturated/α-hetero) is 1. The van der Waals surface area contributed by atoms with Crippen LogP contribution in [0.25, 0.3) is 22.3 Å². The van der Waals surface area contributed by atoms with Gasteiger partial charge in [0.05, 0.1) is 28.5 Å². The highest BCUT2D eigenvalue weighted by Gasteiger charge is 2.19. The summed E-state index contributed by atoms with van der Waals surface area (Å²) >= 11 is 7.74. The first-order valence-electron chi connectivity index (χ1n) is 10.1. The van der Waals surface area contributed by atoms with Crippen molar-refractivity contribution in [1.82, 2.24) is 19.6 Å². The Hall–Kier alpha value is -2.81. The Bertz CT molecular complexity index is 1230. The fourth-order valence-corrected chi connectivity index (χ4v) is 4.63. The molecule has 5 rings (SSSR count). The number of aromatic amines is 1. The van der Waals surface area contributed by atoms with E-state index in [1.54, 1.807) is 6.20 Å². The van der Waals surface area contributed by atoms with Gasteiger partial charge in [0.15, 0.2) is 5.82 Å². The van der Waals surface area contributed by atoms with E-state index in [0.717, 1.165) is 47.2 Å². The Labute approximate surface area is 188 Å². The number of nitrogens with zero attached hydrogens (tertiary/aromatic N) is 3. The van der Waals surface area contributed by atoms with Crippen LogP contribution in [0.15, 0.2) is 42.6 Å². The molecule has 1 atom stereocenters.